The molecule has 1 aromatic carbocycles. The van der Waals surface area contributed by atoms with E-state index in [0.717, 1.165) is 29.7 Å². The van der Waals surface area contributed by atoms with Crippen LogP contribution < -0.4 is 4.90 Å². The standard InChI is InChI=1S/C17H21N3O2/c1-12-3-4-15-9-14(5-6-17(15)20(12)13(2)22)16-10-18-19(11-16)7-8-21/h5-6,9-12,21H,3-4,7-8H2,1-2H3/t12-/m0/s1. The summed E-state index contributed by atoms with van der Waals surface area (Å²) in [5.74, 6) is 0.0944. The Kier molecular flexibility index (Phi) is 3.98. The van der Waals surface area contributed by atoms with Crippen LogP contribution in [0.1, 0.15) is 25.8 Å². The summed E-state index contributed by atoms with van der Waals surface area (Å²) in [6.07, 6.45) is 5.72. The van der Waals surface area contributed by atoms with Crippen molar-refractivity contribution in [3.8, 4) is 11.1 Å². The quantitative estimate of drug-likeness (QED) is 0.945. The van der Waals surface area contributed by atoms with Crippen LogP contribution in [0.5, 0.6) is 0 Å². The number of carbonyl (C=O) groups is 1. The molecule has 1 amide bonds. The highest BCUT2D eigenvalue weighted by molar-refractivity contribution is 5.94. The van der Waals surface area contributed by atoms with E-state index in [9.17, 15) is 4.79 Å². The number of benzene rings is 1. The molecule has 0 unspecified atom stereocenters. The van der Waals surface area contributed by atoms with Crippen LogP contribution in [0.2, 0.25) is 0 Å². The lowest BCUT2D eigenvalue weighted by Crippen LogP contribution is -2.40. The van der Waals surface area contributed by atoms with Gasteiger partial charge in [-0.1, -0.05) is 6.07 Å². The molecule has 1 aliphatic heterocycles. The number of carbonyl (C=O) groups excluding carboxylic acids is 1. The van der Waals surface area contributed by atoms with Gasteiger partial charge in [-0.3, -0.25) is 9.48 Å². The highest BCUT2D eigenvalue weighted by atomic mass is 16.3. The van der Waals surface area contributed by atoms with Crippen LogP contribution in [0, 0.1) is 0 Å². The molecule has 0 fully saturated rings. The van der Waals surface area contributed by atoms with Crippen molar-refractivity contribution in [3.63, 3.8) is 0 Å². The van der Waals surface area contributed by atoms with Crippen molar-refractivity contribution in [2.45, 2.75) is 39.3 Å². The van der Waals surface area contributed by atoms with E-state index >= 15 is 0 Å². The van der Waals surface area contributed by atoms with Gasteiger partial charge in [-0.2, -0.15) is 5.10 Å². The van der Waals surface area contributed by atoms with Gasteiger partial charge in [0.25, 0.3) is 0 Å². The minimum Gasteiger partial charge on any atom is -0.394 e. The summed E-state index contributed by atoms with van der Waals surface area (Å²) in [5, 5.41) is 13.2. The zero-order valence-electron chi connectivity index (χ0n) is 13.0. The molecule has 1 aliphatic rings. The third-order valence-corrected chi connectivity index (χ3v) is 4.25. The minimum atomic E-state index is 0.0801. The molecule has 0 bridgehead atoms. The maximum Gasteiger partial charge on any atom is 0.224 e. The summed E-state index contributed by atoms with van der Waals surface area (Å²) in [4.78, 5) is 13.8. The second-order valence-electron chi connectivity index (χ2n) is 5.84. The average Bonchev–Trinajstić information content (AvgIpc) is 2.95. The van der Waals surface area contributed by atoms with E-state index in [1.807, 2.05) is 29.4 Å². The number of hydrogen-bond donors (Lipinski definition) is 1. The molecule has 0 radical (unpaired) electrons. The van der Waals surface area contributed by atoms with Gasteiger partial charge in [0.2, 0.25) is 5.91 Å². The van der Waals surface area contributed by atoms with Gasteiger partial charge in [0, 0.05) is 30.4 Å². The van der Waals surface area contributed by atoms with E-state index in [2.05, 4.69) is 18.1 Å². The van der Waals surface area contributed by atoms with Crippen molar-refractivity contribution in [1.82, 2.24) is 9.78 Å². The fourth-order valence-electron chi connectivity index (χ4n) is 3.15. The molecule has 2 heterocycles. The number of rotatable bonds is 3. The Hall–Kier alpha value is -2.14. The van der Waals surface area contributed by atoms with Gasteiger partial charge in [-0.15, -0.1) is 0 Å². The number of aromatic nitrogens is 2. The van der Waals surface area contributed by atoms with E-state index in [1.54, 1.807) is 11.6 Å². The first-order valence-corrected chi connectivity index (χ1v) is 7.66. The Morgan fingerprint density at radius 3 is 2.95 bits per heavy atom. The Morgan fingerprint density at radius 2 is 2.23 bits per heavy atom. The van der Waals surface area contributed by atoms with Crippen molar-refractivity contribution >= 4 is 11.6 Å². The number of aliphatic hydroxyl groups excluding tert-OH is 1. The molecule has 0 saturated carbocycles. The van der Waals surface area contributed by atoms with Crippen LogP contribution in [-0.2, 0) is 17.8 Å². The molecule has 0 aliphatic carbocycles. The van der Waals surface area contributed by atoms with Crippen molar-refractivity contribution in [1.29, 1.82) is 0 Å². The first kappa shape index (κ1) is 14.8. The molecule has 5 nitrogen and oxygen atoms in total. The monoisotopic (exact) mass is 299 g/mol. The molecule has 0 spiro atoms. The van der Waals surface area contributed by atoms with Crippen LogP contribution >= 0.6 is 0 Å². The van der Waals surface area contributed by atoms with Gasteiger partial charge in [0.05, 0.1) is 19.3 Å². The summed E-state index contributed by atoms with van der Waals surface area (Å²) < 4.78 is 1.73. The predicted molar refractivity (Wildman–Crippen MR) is 85.7 cm³/mol. The molecule has 116 valence electrons. The number of aryl methyl sites for hydroxylation is 1. The summed E-state index contributed by atoms with van der Waals surface area (Å²) in [6, 6.07) is 6.47. The second kappa shape index (κ2) is 5.93. The molecule has 1 aromatic heterocycles. The van der Waals surface area contributed by atoms with Crippen LogP contribution in [0.15, 0.2) is 30.6 Å². The molecule has 0 saturated heterocycles. The van der Waals surface area contributed by atoms with E-state index in [4.69, 9.17) is 5.11 Å². The van der Waals surface area contributed by atoms with Crippen molar-refractivity contribution in [3.05, 3.63) is 36.2 Å². The predicted octanol–water partition coefficient (Wildman–Crippen LogP) is 2.23. The number of fused-ring (bicyclic) bond motifs is 1. The maximum absolute atomic E-state index is 11.9. The van der Waals surface area contributed by atoms with Gasteiger partial charge >= 0.3 is 0 Å². The highest BCUT2D eigenvalue weighted by Gasteiger charge is 2.26. The van der Waals surface area contributed by atoms with Gasteiger partial charge < -0.3 is 10.0 Å². The van der Waals surface area contributed by atoms with Gasteiger partial charge in [0.15, 0.2) is 0 Å². The molecule has 3 rings (SSSR count). The second-order valence-corrected chi connectivity index (χ2v) is 5.84. The maximum atomic E-state index is 11.9. The van der Waals surface area contributed by atoms with Gasteiger partial charge in [0.1, 0.15) is 0 Å². The molecular formula is C17H21N3O2. The average molecular weight is 299 g/mol. The number of nitrogens with zero attached hydrogens (tertiary/aromatic N) is 3. The Morgan fingerprint density at radius 1 is 1.41 bits per heavy atom. The number of amides is 1. The van der Waals surface area contributed by atoms with Crippen LogP contribution in [0.3, 0.4) is 0 Å². The number of anilines is 1. The third kappa shape index (κ3) is 2.64. The first-order chi connectivity index (χ1) is 10.6. The normalized spacial score (nSPS) is 17.4. The van der Waals surface area contributed by atoms with E-state index in [1.165, 1.54) is 5.56 Å². The van der Waals surface area contributed by atoms with E-state index in [0.29, 0.717) is 6.54 Å². The number of aliphatic hydroxyl groups is 1. The lowest BCUT2D eigenvalue weighted by atomic mass is 9.94. The van der Waals surface area contributed by atoms with Crippen molar-refractivity contribution < 1.29 is 9.90 Å². The molecule has 1 N–H and O–H groups in total. The Bertz CT molecular complexity index is 693. The zero-order valence-corrected chi connectivity index (χ0v) is 13.0. The Balaban J connectivity index is 1.95. The fourth-order valence-corrected chi connectivity index (χ4v) is 3.15. The van der Waals surface area contributed by atoms with Crippen molar-refractivity contribution in [2.24, 2.45) is 0 Å². The van der Waals surface area contributed by atoms with Crippen LogP contribution in [0.4, 0.5) is 5.69 Å². The van der Waals surface area contributed by atoms with Gasteiger partial charge in [-0.25, -0.2) is 0 Å². The lowest BCUT2D eigenvalue weighted by Gasteiger charge is -2.34. The third-order valence-electron chi connectivity index (χ3n) is 4.25. The van der Waals surface area contributed by atoms with E-state index in [-0.39, 0.29) is 18.6 Å². The molecule has 22 heavy (non-hydrogen) atoms. The van der Waals surface area contributed by atoms with Gasteiger partial charge in [-0.05, 0) is 43.0 Å². The summed E-state index contributed by atoms with van der Waals surface area (Å²) in [7, 11) is 0. The highest BCUT2D eigenvalue weighted by Crippen LogP contribution is 2.34. The molecular weight excluding hydrogens is 278 g/mol. The first-order valence-electron chi connectivity index (χ1n) is 7.66. The smallest absolute Gasteiger partial charge is 0.224 e. The SMILES string of the molecule is CC(=O)N1c2ccc(-c3cnn(CCO)c3)cc2CC[C@@H]1C. The minimum absolute atomic E-state index is 0.0801. The van der Waals surface area contributed by atoms with Crippen LogP contribution in [-0.4, -0.2) is 33.4 Å². The van der Waals surface area contributed by atoms with E-state index < -0.39 is 0 Å². The molecule has 5 heteroatoms. The zero-order chi connectivity index (χ0) is 15.7. The summed E-state index contributed by atoms with van der Waals surface area (Å²) in [5.41, 5.74) is 4.36. The largest absolute Gasteiger partial charge is 0.394 e. The topological polar surface area (TPSA) is 58.4 Å². The Labute approximate surface area is 130 Å². The molecule has 2 aromatic rings. The number of hydrogen-bond acceptors (Lipinski definition) is 3. The lowest BCUT2D eigenvalue weighted by molar-refractivity contribution is -0.117. The van der Waals surface area contributed by atoms with Crippen molar-refractivity contribution in [2.75, 3.05) is 11.5 Å². The molecule has 1 atom stereocenters. The summed E-state index contributed by atoms with van der Waals surface area (Å²) in [6.45, 7) is 4.30. The fraction of sp³-hybridized carbons (Fsp3) is 0.412. The summed E-state index contributed by atoms with van der Waals surface area (Å²) >= 11 is 0. The van der Waals surface area contributed by atoms with Crippen LogP contribution in [0.25, 0.3) is 11.1 Å².